The number of amides is 1. The van der Waals surface area contributed by atoms with Gasteiger partial charge in [-0.15, -0.1) is 6.58 Å². The Bertz CT molecular complexity index is 1230. The highest BCUT2D eigenvalue weighted by molar-refractivity contribution is 9.10. The lowest BCUT2D eigenvalue weighted by atomic mass is 9.75. The molecule has 4 atom stereocenters. The van der Waals surface area contributed by atoms with Gasteiger partial charge in [0.1, 0.15) is 5.54 Å². The third-order valence-corrected chi connectivity index (χ3v) is 10.2. The Morgan fingerprint density at radius 3 is 2.83 bits per heavy atom. The molecule has 0 saturated carbocycles. The van der Waals surface area contributed by atoms with Crippen LogP contribution in [0.15, 0.2) is 64.5 Å². The summed E-state index contributed by atoms with van der Waals surface area (Å²) in [5, 5.41) is -0.586. The van der Waals surface area contributed by atoms with E-state index in [1.807, 2.05) is 30.3 Å². The van der Waals surface area contributed by atoms with Crippen molar-refractivity contribution in [2.24, 2.45) is 0 Å². The van der Waals surface area contributed by atoms with Crippen molar-refractivity contribution in [2.45, 2.75) is 40.5 Å². The molecule has 2 aromatic carbocycles. The molecule has 0 bridgehead atoms. The molecule has 7 heteroatoms. The maximum atomic E-state index is 14.2. The lowest BCUT2D eigenvalue weighted by molar-refractivity contribution is -0.129. The van der Waals surface area contributed by atoms with Crippen molar-refractivity contribution in [1.29, 1.82) is 0 Å². The predicted octanol–water partition coefficient (Wildman–Crippen LogP) is 3.59. The third-order valence-electron chi connectivity index (χ3n) is 7.37. The van der Waals surface area contributed by atoms with Crippen molar-refractivity contribution in [2.75, 3.05) is 18.0 Å². The van der Waals surface area contributed by atoms with Crippen LogP contribution >= 0.6 is 15.9 Å². The molecule has 0 radical (unpaired) electrons. The predicted molar refractivity (Wildman–Crippen MR) is 118 cm³/mol. The maximum Gasteiger partial charge on any atom is 0.253 e. The monoisotopic (exact) mass is 484 g/mol. The van der Waals surface area contributed by atoms with E-state index in [1.54, 1.807) is 23.1 Å². The van der Waals surface area contributed by atoms with Crippen LogP contribution in [0.3, 0.4) is 0 Å². The van der Waals surface area contributed by atoms with Crippen LogP contribution < -0.4 is 4.90 Å². The van der Waals surface area contributed by atoms with Crippen molar-refractivity contribution in [1.82, 2.24) is 4.90 Å². The molecule has 4 aliphatic rings. The fourth-order valence-corrected chi connectivity index (χ4v) is 9.35. The van der Waals surface area contributed by atoms with Gasteiger partial charge in [0.2, 0.25) is 0 Å². The van der Waals surface area contributed by atoms with Crippen LogP contribution in [-0.4, -0.2) is 43.6 Å². The molecular weight excluding hydrogens is 464 g/mol. The van der Waals surface area contributed by atoms with Crippen molar-refractivity contribution in [3.8, 4) is 0 Å². The molecule has 0 N–H and O–H groups in total. The molecule has 1 amide bonds. The highest BCUT2D eigenvalue weighted by Gasteiger charge is 2.73. The zero-order valence-corrected chi connectivity index (χ0v) is 18.7. The van der Waals surface area contributed by atoms with E-state index in [2.05, 4.69) is 27.4 Å². The van der Waals surface area contributed by atoms with Crippen LogP contribution in [-0.2, 0) is 20.2 Å². The van der Waals surface area contributed by atoms with Gasteiger partial charge in [-0.1, -0.05) is 40.2 Å². The van der Waals surface area contributed by atoms with Gasteiger partial charge in [-0.05, 0) is 49.2 Å². The average Bonchev–Trinajstić information content (AvgIpc) is 3.41. The zero-order valence-electron chi connectivity index (χ0n) is 16.3. The number of hydrogen-bond donors (Lipinski definition) is 0. The number of anilines is 1. The van der Waals surface area contributed by atoms with Crippen LogP contribution in [0.1, 0.15) is 29.9 Å². The molecule has 4 aliphatic heterocycles. The Morgan fingerprint density at radius 1 is 1.23 bits per heavy atom. The van der Waals surface area contributed by atoms with Crippen molar-refractivity contribution in [3.05, 3.63) is 70.7 Å². The summed E-state index contributed by atoms with van der Waals surface area (Å²) in [5.74, 6) is -0.429. The van der Waals surface area contributed by atoms with Crippen LogP contribution in [0.25, 0.3) is 0 Å². The number of benzene rings is 2. The second kappa shape index (κ2) is 6.05. The Morgan fingerprint density at radius 2 is 2.03 bits per heavy atom. The van der Waals surface area contributed by atoms with E-state index in [0.717, 1.165) is 40.7 Å². The molecule has 0 aromatic heterocycles. The lowest BCUT2D eigenvalue weighted by Gasteiger charge is -2.37. The van der Waals surface area contributed by atoms with Crippen molar-refractivity contribution < 1.29 is 13.2 Å². The fraction of sp³-hybridized carbons (Fsp3) is 0.348. The Hall–Kier alpha value is -1.96. The first-order valence-electron chi connectivity index (χ1n) is 10.3. The van der Waals surface area contributed by atoms with Gasteiger partial charge in [-0.2, -0.15) is 0 Å². The van der Waals surface area contributed by atoms with E-state index >= 15 is 0 Å². The highest BCUT2D eigenvalue weighted by atomic mass is 79.9. The number of carbonyl (C=O) groups excluding carboxylic acids is 1. The van der Waals surface area contributed by atoms with E-state index in [9.17, 15) is 13.2 Å². The summed E-state index contributed by atoms with van der Waals surface area (Å²) in [7, 11) is -3.51. The molecule has 0 aliphatic carbocycles. The molecule has 2 aromatic rings. The van der Waals surface area contributed by atoms with Crippen LogP contribution in [0.4, 0.5) is 5.69 Å². The number of nitrogens with zero attached hydrogens (tertiary/aromatic N) is 2. The number of halogens is 1. The molecule has 1 spiro atoms. The Labute approximate surface area is 184 Å². The molecule has 2 fully saturated rings. The number of fused-ring (bicyclic) bond motifs is 9. The molecular formula is C23H21BrN2O3S. The second-order valence-corrected chi connectivity index (χ2v) is 11.6. The third kappa shape index (κ3) is 1.97. The molecule has 2 saturated heterocycles. The fourth-order valence-electron chi connectivity index (χ4n) is 6.51. The lowest BCUT2D eigenvalue weighted by Crippen LogP contribution is -2.52. The number of rotatable bonds is 2. The van der Waals surface area contributed by atoms with Crippen molar-refractivity contribution >= 4 is 37.4 Å². The quantitative estimate of drug-likeness (QED) is 0.611. The van der Waals surface area contributed by atoms with Crippen molar-refractivity contribution in [3.63, 3.8) is 0 Å². The van der Waals surface area contributed by atoms with Gasteiger partial charge in [0.15, 0.2) is 9.84 Å². The Kier molecular flexibility index (Phi) is 3.79. The van der Waals surface area contributed by atoms with Gasteiger partial charge in [0.25, 0.3) is 5.91 Å². The normalized spacial score (nSPS) is 32.9. The van der Waals surface area contributed by atoms with Crippen LogP contribution in [0, 0.1) is 0 Å². The minimum Gasteiger partial charge on any atom is -0.306 e. The SMILES string of the molecule is C=CCN1C(=O)[C@@]2(c3cc(Br)ccc31)[C@@H]1c3ccccc3S(=O)(=O)[C@@H]1[C@H]1CCCN12. The molecule has 5 nitrogen and oxygen atoms in total. The smallest absolute Gasteiger partial charge is 0.253 e. The minimum absolute atomic E-state index is 0.0261. The van der Waals surface area contributed by atoms with E-state index in [1.165, 1.54) is 0 Å². The average molecular weight is 485 g/mol. The van der Waals surface area contributed by atoms with Gasteiger partial charge >= 0.3 is 0 Å². The molecule has 4 heterocycles. The minimum atomic E-state index is -3.51. The van der Waals surface area contributed by atoms with E-state index in [-0.39, 0.29) is 11.9 Å². The van der Waals surface area contributed by atoms with Crippen LogP contribution in [0.5, 0.6) is 0 Å². The van der Waals surface area contributed by atoms with Gasteiger partial charge < -0.3 is 4.90 Å². The summed E-state index contributed by atoms with van der Waals surface area (Å²) in [5.41, 5.74) is 1.57. The van der Waals surface area contributed by atoms with Gasteiger partial charge in [0, 0.05) is 34.2 Å². The van der Waals surface area contributed by atoms with Crippen LogP contribution in [0.2, 0.25) is 0 Å². The summed E-state index contributed by atoms with van der Waals surface area (Å²) < 4.78 is 28.2. The van der Waals surface area contributed by atoms with Gasteiger partial charge in [-0.25, -0.2) is 8.42 Å². The van der Waals surface area contributed by atoms with Gasteiger partial charge in [0.05, 0.1) is 10.1 Å². The largest absolute Gasteiger partial charge is 0.306 e. The standard InChI is InChI=1S/C23H21BrN2O3S/c1-2-11-25-17-10-9-14(24)13-16(17)23(22(25)27)20-15-6-3-4-8-19(15)30(28,29)21(20)18-7-5-12-26(18)23/h2-4,6,8-10,13,18,20-21H,1,5,7,11-12H2/t18-,20-,21-,23-/m1/s1. The molecule has 0 unspecified atom stereocenters. The first-order valence-corrected chi connectivity index (χ1v) is 12.6. The summed E-state index contributed by atoms with van der Waals surface area (Å²) in [4.78, 5) is 18.6. The van der Waals surface area contributed by atoms with E-state index < -0.39 is 26.5 Å². The number of carbonyl (C=O) groups is 1. The molecule has 154 valence electrons. The summed E-state index contributed by atoms with van der Waals surface area (Å²) in [6.45, 7) is 4.98. The number of sulfone groups is 1. The maximum absolute atomic E-state index is 14.2. The second-order valence-electron chi connectivity index (χ2n) is 8.56. The summed E-state index contributed by atoms with van der Waals surface area (Å²) in [6, 6.07) is 13.0. The van der Waals surface area contributed by atoms with E-state index in [0.29, 0.717) is 11.4 Å². The zero-order chi connectivity index (χ0) is 20.8. The number of hydrogen-bond acceptors (Lipinski definition) is 4. The highest BCUT2D eigenvalue weighted by Crippen LogP contribution is 2.65. The first kappa shape index (κ1) is 18.8. The molecule has 30 heavy (non-hydrogen) atoms. The Balaban J connectivity index is 1.71. The summed E-state index contributed by atoms with van der Waals surface area (Å²) in [6.07, 6.45) is 3.43. The van der Waals surface area contributed by atoms with E-state index in [4.69, 9.17) is 0 Å². The topological polar surface area (TPSA) is 57.7 Å². The molecule has 6 rings (SSSR count). The summed E-state index contributed by atoms with van der Waals surface area (Å²) >= 11 is 3.59. The first-order chi connectivity index (χ1) is 14.4. The van der Waals surface area contributed by atoms with Gasteiger partial charge in [-0.3, -0.25) is 9.69 Å².